The van der Waals surface area contributed by atoms with Crippen LogP contribution in [0.15, 0.2) is 18.2 Å². The Bertz CT molecular complexity index is 1060. The first kappa shape index (κ1) is 36.5. The molecule has 0 aliphatic carbocycles. The number of rotatable bonds is 16. The summed E-state index contributed by atoms with van der Waals surface area (Å²) >= 11 is 0. The van der Waals surface area contributed by atoms with Crippen LogP contribution in [0.1, 0.15) is 99.5 Å². The summed E-state index contributed by atoms with van der Waals surface area (Å²) in [5, 5.41) is 9.98. The minimum atomic E-state index is -1.88. The number of ether oxygens (including phenoxy) is 6. The molecule has 0 aliphatic heterocycles. The van der Waals surface area contributed by atoms with Crippen molar-refractivity contribution in [1.82, 2.24) is 0 Å². The van der Waals surface area contributed by atoms with E-state index in [1.165, 1.54) is 25.1 Å². The van der Waals surface area contributed by atoms with Gasteiger partial charge >= 0.3 is 24.4 Å². The zero-order valence-electron chi connectivity index (χ0n) is 26.0. The van der Waals surface area contributed by atoms with Gasteiger partial charge in [-0.1, -0.05) is 39.7 Å². The molecule has 0 spiro atoms. The molecule has 0 aromatic heterocycles. The average molecular weight is 598 g/mol. The first-order valence-electron chi connectivity index (χ1n) is 14.4. The largest absolute Gasteiger partial charge is 0.514 e. The first-order valence-corrected chi connectivity index (χ1v) is 14.4. The van der Waals surface area contributed by atoms with Gasteiger partial charge in [-0.3, -0.25) is 4.79 Å². The van der Waals surface area contributed by atoms with Crippen molar-refractivity contribution in [3.63, 3.8) is 0 Å². The Morgan fingerprint density at radius 1 is 0.810 bits per heavy atom. The summed E-state index contributed by atoms with van der Waals surface area (Å²) in [7, 11) is 0. The van der Waals surface area contributed by atoms with Gasteiger partial charge in [0, 0.05) is 12.8 Å². The summed E-state index contributed by atoms with van der Waals surface area (Å²) in [6.45, 7) is 14.1. The molecule has 0 saturated carbocycles. The van der Waals surface area contributed by atoms with E-state index in [4.69, 9.17) is 34.2 Å². The van der Waals surface area contributed by atoms with Gasteiger partial charge in [0.15, 0.2) is 11.5 Å². The summed E-state index contributed by atoms with van der Waals surface area (Å²) < 4.78 is 31.6. The van der Waals surface area contributed by atoms with Gasteiger partial charge in [-0.05, 0) is 71.6 Å². The van der Waals surface area contributed by atoms with Crippen LogP contribution in [0.4, 0.5) is 14.4 Å². The van der Waals surface area contributed by atoms with Gasteiger partial charge in [0.25, 0.3) is 0 Å². The lowest BCUT2D eigenvalue weighted by atomic mass is 9.86. The number of benzene rings is 1. The number of carbonyl (C=O) groups excluding carboxylic acids is 3. The third kappa shape index (κ3) is 13.0. The molecule has 1 rings (SSSR count). The molecule has 12 nitrogen and oxygen atoms in total. The van der Waals surface area contributed by atoms with Gasteiger partial charge in [0.2, 0.25) is 0 Å². The molecule has 0 radical (unpaired) electrons. The smallest absolute Gasteiger partial charge is 0.480 e. The van der Waals surface area contributed by atoms with Crippen LogP contribution >= 0.6 is 0 Å². The molecule has 42 heavy (non-hydrogen) atoms. The Hall–Kier alpha value is -3.54. The van der Waals surface area contributed by atoms with E-state index in [9.17, 15) is 24.3 Å². The second kappa shape index (κ2) is 16.8. The third-order valence-corrected chi connectivity index (χ3v) is 6.49. The molecule has 1 aromatic carbocycles. The highest BCUT2D eigenvalue weighted by molar-refractivity contribution is 5.79. The second-order valence-electron chi connectivity index (χ2n) is 11.2. The molecule has 4 atom stereocenters. The Morgan fingerprint density at radius 3 is 1.79 bits per heavy atom. The van der Waals surface area contributed by atoms with Crippen molar-refractivity contribution < 1.29 is 52.7 Å². The number of carboxylic acid groups (broad SMARTS) is 1. The fraction of sp³-hybridized carbons (Fsp3) is 0.667. The van der Waals surface area contributed by atoms with Gasteiger partial charge in [0.05, 0.1) is 0 Å². The van der Waals surface area contributed by atoms with Crippen LogP contribution in [0.25, 0.3) is 0 Å². The van der Waals surface area contributed by atoms with E-state index < -0.39 is 53.9 Å². The Kier molecular flexibility index (Phi) is 14.6. The lowest BCUT2D eigenvalue weighted by Gasteiger charge is -2.29. The lowest BCUT2D eigenvalue weighted by Crippen LogP contribution is -2.52. The number of carboxylic acids is 1. The molecule has 3 unspecified atom stereocenters. The first-order chi connectivity index (χ1) is 19.5. The van der Waals surface area contributed by atoms with E-state index in [-0.39, 0.29) is 24.3 Å². The number of carbonyl (C=O) groups is 4. The van der Waals surface area contributed by atoms with Crippen molar-refractivity contribution in [3.05, 3.63) is 23.8 Å². The third-order valence-electron chi connectivity index (χ3n) is 6.49. The zero-order chi connectivity index (χ0) is 32.1. The van der Waals surface area contributed by atoms with Gasteiger partial charge in [-0.15, -0.1) is 0 Å². The summed E-state index contributed by atoms with van der Waals surface area (Å²) in [5.41, 5.74) is 3.99. The molecule has 3 N–H and O–H groups in total. The van der Waals surface area contributed by atoms with Crippen LogP contribution in [0.3, 0.4) is 0 Å². The maximum atomic E-state index is 12.5. The highest BCUT2D eigenvalue weighted by Gasteiger charge is 2.38. The van der Waals surface area contributed by atoms with Crippen LogP contribution in [0.2, 0.25) is 0 Å². The van der Waals surface area contributed by atoms with E-state index in [1.54, 1.807) is 27.7 Å². The van der Waals surface area contributed by atoms with Gasteiger partial charge in [-0.2, -0.15) is 0 Å². The zero-order valence-corrected chi connectivity index (χ0v) is 26.0. The molecule has 0 bridgehead atoms. The van der Waals surface area contributed by atoms with Crippen molar-refractivity contribution in [2.75, 3.05) is 0 Å². The molecule has 238 valence electrons. The lowest BCUT2D eigenvalue weighted by molar-refractivity contribution is -0.145. The number of hydrogen-bond donors (Lipinski definition) is 2. The summed E-state index contributed by atoms with van der Waals surface area (Å²) in [4.78, 5) is 49.3. The molecule has 1 aromatic rings. The maximum absolute atomic E-state index is 12.5. The average Bonchev–Trinajstić information content (AvgIpc) is 2.85. The molecule has 0 fully saturated rings. The predicted octanol–water partition coefficient (Wildman–Crippen LogP) is 6.54. The molecule has 0 aliphatic rings. The number of aliphatic carboxylic acids is 1. The van der Waals surface area contributed by atoms with Crippen LogP contribution < -0.4 is 15.2 Å². The Labute approximate surface area is 248 Å². The molecule has 0 heterocycles. The van der Waals surface area contributed by atoms with Gasteiger partial charge < -0.3 is 39.3 Å². The van der Waals surface area contributed by atoms with E-state index in [0.717, 1.165) is 12.8 Å². The van der Waals surface area contributed by atoms with Crippen LogP contribution in [0.5, 0.6) is 11.5 Å². The van der Waals surface area contributed by atoms with Gasteiger partial charge in [0.1, 0.15) is 29.5 Å². The molecule has 12 heteroatoms. The fourth-order valence-electron chi connectivity index (χ4n) is 3.95. The van der Waals surface area contributed by atoms with Gasteiger partial charge in [-0.25, -0.2) is 14.4 Å². The predicted molar refractivity (Wildman–Crippen MR) is 154 cm³/mol. The number of hydrogen-bond acceptors (Lipinski definition) is 11. The minimum Gasteiger partial charge on any atom is -0.480 e. The molecule has 0 amide bonds. The number of nitrogens with two attached hydrogens (primary N) is 1. The van der Waals surface area contributed by atoms with Crippen molar-refractivity contribution in [3.8, 4) is 11.5 Å². The van der Waals surface area contributed by atoms with Crippen molar-refractivity contribution >= 4 is 24.4 Å². The van der Waals surface area contributed by atoms with Crippen LogP contribution in [-0.4, -0.2) is 59.0 Å². The van der Waals surface area contributed by atoms with Crippen molar-refractivity contribution in [1.29, 1.82) is 0 Å². The van der Waals surface area contributed by atoms with E-state index in [0.29, 0.717) is 24.8 Å². The monoisotopic (exact) mass is 597 g/mol. The Morgan fingerprint density at radius 2 is 1.31 bits per heavy atom. The van der Waals surface area contributed by atoms with Crippen molar-refractivity contribution in [2.24, 2.45) is 5.73 Å². The van der Waals surface area contributed by atoms with E-state index in [1.807, 2.05) is 20.8 Å². The fourth-order valence-corrected chi connectivity index (χ4v) is 3.95. The Balaban J connectivity index is 3.20. The maximum Gasteiger partial charge on any atom is 0.514 e. The summed E-state index contributed by atoms with van der Waals surface area (Å²) in [6, 6.07) is 4.15. The highest BCUT2D eigenvalue weighted by atomic mass is 16.8. The second-order valence-corrected chi connectivity index (χ2v) is 11.2. The van der Waals surface area contributed by atoms with Crippen molar-refractivity contribution in [2.45, 2.75) is 130 Å². The summed E-state index contributed by atoms with van der Waals surface area (Å²) in [6.07, 6.45) is -1.81. The highest BCUT2D eigenvalue weighted by Crippen LogP contribution is 2.32. The quantitative estimate of drug-likeness (QED) is 0.120. The van der Waals surface area contributed by atoms with E-state index in [2.05, 4.69) is 0 Å². The SMILES string of the molecule is CCCC(C)OC(=O)Oc1ccc(CC(N)(C[C@H](C)OC(=O)OC(C)(C)CC)C(=O)O)cc1OC(=O)OC(C)CCC. The topological polar surface area (TPSA) is 170 Å². The molecule has 0 saturated heterocycles. The normalized spacial score (nSPS) is 14.9. The minimum absolute atomic E-state index is 0.136. The van der Waals surface area contributed by atoms with E-state index >= 15 is 0 Å². The van der Waals surface area contributed by atoms with Crippen LogP contribution in [-0.2, 0) is 30.2 Å². The van der Waals surface area contributed by atoms with Crippen LogP contribution in [0, 0.1) is 0 Å². The molecular weight excluding hydrogens is 550 g/mol. The standard InChI is InChI=1S/C30H47NO11/c1-9-12-19(4)37-26(34)40-23-15-14-22(16-24(23)41-27(35)38-20(5)13-10-2)18-30(31,25(32)33)17-21(6)39-28(36)42-29(7,8)11-3/h14-16,19-21H,9-13,17-18,31H2,1-8H3,(H,32,33)/t19?,20?,21-,30?/m0/s1. The molecular formula is C30H47NO11. The summed E-state index contributed by atoms with van der Waals surface area (Å²) in [5.74, 6) is -1.67.